The van der Waals surface area contributed by atoms with E-state index >= 15 is 0 Å². The van der Waals surface area contributed by atoms with Gasteiger partial charge in [-0.15, -0.1) is 0 Å². The molecule has 0 saturated carbocycles. The number of rotatable bonds is 7. The lowest BCUT2D eigenvalue weighted by Gasteiger charge is -2.07. The van der Waals surface area contributed by atoms with Gasteiger partial charge in [0, 0.05) is 19.3 Å². The van der Waals surface area contributed by atoms with Crippen LogP contribution in [0.25, 0.3) is 0 Å². The summed E-state index contributed by atoms with van der Waals surface area (Å²) in [6.07, 6.45) is 2.78. The Kier molecular flexibility index (Phi) is 7.09. The van der Waals surface area contributed by atoms with Crippen molar-refractivity contribution in [2.24, 2.45) is 5.16 Å². The second-order valence-electron chi connectivity index (χ2n) is 3.80. The van der Waals surface area contributed by atoms with Gasteiger partial charge in [0.25, 0.3) is 0 Å². The van der Waals surface area contributed by atoms with Crippen LogP contribution in [0.4, 0.5) is 0 Å². The third kappa shape index (κ3) is 4.84. The molecule has 0 N–H and O–H groups in total. The second-order valence-corrected chi connectivity index (χ2v) is 4.61. The molecule has 0 saturated heterocycles. The minimum absolute atomic E-state index is 0.523. The van der Waals surface area contributed by atoms with E-state index < -0.39 is 0 Å². The van der Waals surface area contributed by atoms with E-state index in [0.717, 1.165) is 37.1 Å². The van der Waals surface area contributed by atoms with Gasteiger partial charge in [-0.3, -0.25) is 0 Å². The Labute approximate surface area is 118 Å². The summed E-state index contributed by atoms with van der Waals surface area (Å²) in [6, 6.07) is 5.46. The molecule has 1 aromatic rings. The van der Waals surface area contributed by atoms with Crippen LogP contribution >= 0.6 is 23.2 Å². The maximum Gasteiger partial charge on any atom is 0.106 e. The molecule has 0 aliphatic carbocycles. The van der Waals surface area contributed by atoms with Crippen molar-refractivity contribution in [3.8, 4) is 0 Å². The Morgan fingerprint density at radius 3 is 2.56 bits per heavy atom. The van der Waals surface area contributed by atoms with Crippen molar-refractivity contribution in [1.82, 2.24) is 0 Å². The third-order valence-electron chi connectivity index (χ3n) is 2.47. The van der Waals surface area contributed by atoms with Crippen LogP contribution in [0.3, 0.4) is 0 Å². The van der Waals surface area contributed by atoms with Crippen molar-refractivity contribution in [2.45, 2.75) is 19.3 Å². The summed E-state index contributed by atoms with van der Waals surface area (Å²) in [4.78, 5) is 4.87. The van der Waals surface area contributed by atoms with Crippen LogP contribution in [0, 0.1) is 0 Å². The second kappa shape index (κ2) is 8.35. The van der Waals surface area contributed by atoms with E-state index in [0.29, 0.717) is 10.0 Å². The third-order valence-corrected chi connectivity index (χ3v) is 3.21. The average molecular weight is 290 g/mol. The zero-order chi connectivity index (χ0) is 13.4. The largest absolute Gasteiger partial charge is 0.399 e. The van der Waals surface area contributed by atoms with E-state index in [1.54, 1.807) is 19.2 Å². The number of unbranched alkanes of at least 4 members (excludes halogenated alkanes) is 1. The minimum atomic E-state index is 0.523. The van der Waals surface area contributed by atoms with Gasteiger partial charge in [-0.05, 0) is 31.4 Å². The molecule has 5 heteroatoms. The van der Waals surface area contributed by atoms with Crippen molar-refractivity contribution in [2.75, 3.05) is 20.8 Å². The predicted molar refractivity (Wildman–Crippen MR) is 75.7 cm³/mol. The number of ether oxygens (including phenoxy) is 1. The number of nitrogens with zero attached hydrogens (tertiary/aromatic N) is 1. The van der Waals surface area contributed by atoms with Crippen LogP contribution in [0.2, 0.25) is 10.0 Å². The van der Waals surface area contributed by atoms with Crippen LogP contribution in [-0.4, -0.2) is 26.5 Å². The number of methoxy groups -OCH3 is 1. The fraction of sp³-hybridized carbons (Fsp3) is 0.462. The fourth-order valence-electron chi connectivity index (χ4n) is 1.57. The van der Waals surface area contributed by atoms with Crippen molar-refractivity contribution in [1.29, 1.82) is 0 Å². The molecule has 0 radical (unpaired) electrons. The van der Waals surface area contributed by atoms with Gasteiger partial charge in [0.15, 0.2) is 0 Å². The van der Waals surface area contributed by atoms with Gasteiger partial charge in [0.2, 0.25) is 0 Å². The SMILES string of the molecule is COCCCC/C(=N\OC)c1ccc(Cl)c(Cl)c1. The molecular weight excluding hydrogens is 273 g/mol. The highest BCUT2D eigenvalue weighted by atomic mass is 35.5. The highest BCUT2D eigenvalue weighted by Gasteiger charge is 2.07. The topological polar surface area (TPSA) is 30.8 Å². The molecule has 0 amide bonds. The fourth-order valence-corrected chi connectivity index (χ4v) is 1.87. The first-order valence-electron chi connectivity index (χ1n) is 5.73. The van der Waals surface area contributed by atoms with Gasteiger partial charge in [-0.1, -0.05) is 34.4 Å². The minimum Gasteiger partial charge on any atom is -0.399 e. The highest BCUT2D eigenvalue weighted by molar-refractivity contribution is 6.42. The predicted octanol–water partition coefficient (Wildman–Crippen LogP) is 4.16. The smallest absolute Gasteiger partial charge is 0.106 e. The lowest BCUT2D eigenvalue weighted by molar-refractivity contribution is 0.192. The molecule has 100 valence electrons. The van der Waals surface area contributed by atoms with Crippen LogP contribution < -0.4 is 0 Å². The molecule has 0 bridgehead atoms. The van der Waals surface area contributed by atoms with E-state index in [2.05, 4.69) is 5.16 Å². The van der Waals surface area contributed by atoms with Crippen LogP contribution in [0.5, 0.6) is 0 Å². The Hall–Kier alpha value is -0.770. The quantitative estimate of drug-likeness (QED) is 0.429. The number of halogens is 2. The maximum atomic E-state index is 5.99. The van der Waals surface area contributed by atoms with E-state index in [-0.39, 0.29) is 0 Å². The van der Waals surface area contributed by atoms with E-state index in [1.807, 2.05) is 6.07 Å². The zero-order valence-corrected chi connectivity index (χ0v) is 12.1. The average Bonchev–Trinajstić information content (AvgIpc) is 2.37. The molecule has 0 heterocycles. The lowest BCUT2D eigenvalue weighted by Crippen LogP contribution is -2.03. The molecule has 0 aliphatic heterocycles. The van der Waals surface area contributed by atoms with Gasteiger partial charge in [0.05, 0.1) is 15.8 Å². The summed E-state index contributed by atoms with van der Waals surface area (Å²) in [6.45, 7) is 0.752. The molecule has 1 rings (SSSR count). The Bertz CT molecular complexity index is 408. The molecule has 0 atom stereocenters. The van der Waals surface area contributed by atoms with Gasteiger partial charge in [0.1, 0.15) is 7.11 Å². The van der Waals surface area contributed by atoms with Crippen molar-refractivity contribution in [3.05, 3.63) is 33.8 Å². The van der Waals surface area contributed by atoms with Crippen LogP contribution in [-0.2, 0) is 9.57 Å². The first-order chi connectivity index (χ1) is 8.69. The van der Waals surface area contributed by atoms with Crippen molar-refractivity contribution < 1.29 is 9.57 Å². The molecule has 0 unspecified atom stereocenters. The molecule has 0 aromatic heterocycles. The van der Waals surface area contributed by atoms with E-state index in [1.165, 1.54) is 7.11 Å². The summed E-state index contributed by atoms with van der Waals surface area (Å²) >= 11 is 11.9. The number of hydrogen-bond donors (Lipinski definition) is 0. The summed E-state index contributed by atoms with van der Waals surface area (Å²) in [5.41, 5.74) is 1.80. The van der Waals surface area contributed by atoms with E-state index in [9.17, 15) is 0 Å². The normalized spacial score (nSPS) is 11.7. The summed E-state index contributed by atoms with van der Waals surface area (Å²) in [7, 11) is 3.23. The van der Waals surface area contributed by atoms with Crippen LogP contribution in [0.15, 0.2) is 23.4 Å². The Balaban J connectivity index is 2.72. The standard InChI is InChI=1S/C13H17Cl2NO2/c1-17-8-4-3-5-13(16-18-2)10-6-7-11(14)12(15)9-10/h6-7,9H,3-5,8H2,1-2H3/b16-13+. The first kappa shape index (κ1) is 15.3. The maximum absolute atomic E-state index is 5.99. The Morgan fingerprint density at radius 1 is 1.17 bits per heavy atom. The molecule has 18 heavy (non-hydrogen) atoms. The Morgan fingerprint density at radius 2 is 1.94 bits per heavy atom. The first-order valence-corrected chi connectivity index (χ1v) is 6.49. The van der Waals surface area contributed by atoms with Crippen molar-refractivity contribution in [3.63, 3.8) is 0 Å². The number of benzene rings is 1. The van der Waals surface area contributed by atoms with Crippen molar-refractivity contribution >= 4 is 28.9 Å². The molecule has 1 aromatic carbocycles. The highest BCUT2D eigenvalue weighted by Crippen LogP contribution is 2.23. The van der Waals surface area contributed by atoms with Gasteiger partial charge >= 0.3 is 0 Å². The molecular formula is C13H17Cl2NO2. The number of hydrogen-bond acceptors (Lipinski definition) is 3. The summed E-state index contributed by atoms with van der Waals surface area (Å²) in [5, 5.41) is 5.10. The zero-order valence-electron chi connectivity index (χ0n) is 10.6. The molecule has 0 aliphatic rings. The number of oxime groups is 1. The van der Waals surface area contributed by atoms with Crippen LogP contribution in [0.1, 0.15) is 24.8 Å². The lowest BCUT2D eigenvalue weighted by atomic mass is 10.0. The molecule has 0 fully saturated rings. The summed E-state index contributed by atoms with van der Waals surface area (Å²) in [5.74, 6) is 0. The molecule has 3 nitrogen and oxygen atoms in total. The molecule has 0 spiro atoms. The van der Waals surface area contributed by atoms with E-state index in [4.69, 9.17) is 32.8 Å². The van der Waals surface area contributed by atoms with Gasteiger partial charge in [-0.2, -0.15) is 0 Å². The van der Waals surface area contributed by atoms with Gasteiger partial charge < -0.3 is 9.57 Å². The summed E-state index contributed by atoms with van der Waals surface area (Å²) < 4.78 is 5.01. The monoisotopic (exact) mass is 289 g/mol. The van der Waals surface area contributed by atoms with Gasteiger partial charge in [-0.25, -0.2) is 0 Å².